The average Bonchev–Trinajstić information content (AvgIpc) is 2.93. The van der Waals surface area contributed by atoms with Gasteiger partial charge in [0.05, 0.1) is 23.2 Å². The third kappa shape index (κ3) is 2.82. The van der Waals surface area contributed by atoms with Crippen LogP contribution >= 0.6 is 23.5 Å². The molecule has 4 nitrogen and oxygen atoms in total. The van der Waals surface area contributed by atoms with Gasteiger partial charge in [-0.1, -0.05) is 29.3 Å². The molecule has 0 amide bonds. The Morgan fingerprint density at radius 3 is 2.64 bits per heavy atom. The molecule has 0 N–H and O–H groups in total. The molecule has 0 spiro atoms. The number of aryl methyl sites for hydroxylation is 1. The van der Waals surface area contributed by atoms with E-state index in [1.807, 2.05) is 37.4 Å². The van der Waals surface area contributed by atoms with E-state index in [-0.39, 0.29) is 0 Å². The molecule has 112 valence electrons. The highest BCUT2D eigenvalue weighted by molar-refractivity contribution is 7.97. The Kier molecular flexibility index (Phi) is 4.09. The molecular weight excluding hydrogens is 320 g/mol. The first-order valence-corrected chi connectivity index (χ1v) is 7.75. The number of halogens is 1. The number of hydrogen-bond donors (Lipinski definition) is 0. The van der Waals surface area contributed by atoms with Crippen molar-refractivity contribution in [3.05, 3.63) is 58.7 Å². The molecule has 0 radical (unpaired) electrons. The predicted molar refractivity (Wildman–Crippen MR) is 88.5 cm³/mol. The Balaban J connectivity index is 1.97. The van der Waals surface area contributed by atoms with Crippen LogP contribution < -0.4 is 0 Å². The van der Waals surface area contributed by atoms with Crippen molar-refractivity contribution in [1.29, 1.82) is 0 Å². The minimum Gasteiger partial charge on any atom is -0.465 e. The van der Waals surface area contributed by atoms with Crippen LogP contribution in [0.5, 0.6) is 0 Å². The smallest absolute Gasteiger partial charge is 0.339 e. The van der Waals surface area contributed by atoms with E-state index < -0.39 is 5.97 Å². The molecule has 1 aromatic heterocycles. The van der Waals surface area contributed by atoms with Gasteiger partial charge in [-0.15, -0.1) is 0 Å². The van der Waals surface area contributed by atoms with Crippen molar-refractivity contribution < 1.29 is 9.53 Å². The summed E-state index contributed by atoms with van der Waals surface area (Å²) in [6, 6.07) is 11.6. The van der Waals surface area contributed by atoms with Crippen molar-refractivity contribution in [2.75, 3.05) is 7.11 Å². The van der Waals surface area contributed by atoms with Gasteiger partial charge in [-0.05, 0) is 31.2 Å². The molecule has 1 heterocycles. The molecule has 3 aromatic rings. The Morgan fingerprint density at radius 2 is 1.95 bits per heavy atom. The second kappa shape index (κ2) is 6.02. The van der Waals surface area contributed by atoms with Crippen LogP contribution in [0.25, 0.3) is 10.9 Å². The lowest BCUT2D eigenvalue weighted by molar-refractivity contribution is 0.0601. The summed E-state index contributed by atoms with van der Waals surface area (Å²) in [6.45, 7) is 2.05. The van der Waals surface area contributed by atoms with Crippen molar-refractivity contribution in [2.24, 2.45) is 0 Å². The third-order valence-corrected chi connectivity index (χ3v) is 4.49. The number of rotatable bonds is 3. The van der Waals surface area contributed by atoms with Crippen LogP contribution in [-0.2, 0) is 4.74 Å². The first-order valence-electron chi connectivity index (χ1n) is 6.59. The van der Waals surface area contributed by atoms with E-state index in [4.69, 9.17) is 16.3 Å². The van der Waals surface area contributed by atoms with E-state index in [0.717, 1.165) is 15.8 Å². The second-order valence-corrected chi connectivity index (χ2v) is 6.19. The molecule has 3 rings (SSSR count). The fourth-order valence-electron chi connectivity index (χ4n) is 2.06. The number of ether oxygens (including phenoxy) is 1. The number of aromatic nitrogens is 2. The molecular formula is C16H13ClN2O2S. The summed E-state index contributed by atoms with van der Waals surface area (Å²) in [5.41, 5.74) is 2.29. The second-order valence-electron chi connectivity index (χ2n) is 4.79. The Labute approximate surface area is 137 Å². The van der Waals surface area contributed by atoms with E-state index in [9.17, 15) is 4.79 Å². The maximum absolute atomic E-state index is 11.7. The topological polar surface area (TPSA) is 44.1 Å². The van der Waals surface area contributed by atoms with Crippen LogP contribution in [-0.4, -0.2) is 22.3 Å². The summed E-state index contributed by atoms with van der Waals surface area (Å²) >= 11 is 7.77. The number of esters is 1. The van der Waals surface area contributed by atoms with Crippen molar-refractivity contribution in [2.45, 2.75) is 11.8 Å². The summed E-state index contributed by atoms with van der Waals surface area (Å²) in [5.74, 6) is -0.453. The fraction of sp³-hybridized carbons (Fsp3) is 0.125. The molecule has 0 aliphatic rings. The predicted octanol–water partition coefficient (Wildman–Crippen LogP) is 4.34. The summed E-state index contributed by atoms with van der Waals surface area (Å²) in [6.07, 6.45) is 1.81. The van der Waals surface area contributed by atoms with Crippen LogP contribution in [0.4, 0.5) is 0 Å². The number of fused-ring (bicyclic) bond motifs is 1. The fourth-order valence-corrected chi connectivity index (χ4v) is 3.11. The molecule has 6 heteroatoms. The number of benzene rings is 2. The number of nitrogens with zero attached hydrogens (tertiary/aromatic N) is 2. The summed E-state index contributed by atoms with van der Waals surface area (Å²) in [4.78, 5) is 12.7. The Bertz CT molecular complexity index is 843. The van der Waals surface area contributed by atoms with Crippen molar-refractivity contribution in [3.8, 4) is 0 Å². The van der Waals surface area contributed by atoms with Crippen LogP contribution in [0.3, 0.4) is 0 Å². The average molecular weight is 333 g/mol. The van der Waals surface area contributed by atoms with E-state index in [0.29, 0.717) is 10.6 Å². The van der Waals surface area contributed by atoms with Crippen LogP contribution in [0.15, 0.2) is 47.5 Å². The maximum Gasteiger partial charge on any atom is 0.339 e. The largest absolute Gasteiger partial charge is 0.465 e. The van der Waals surface area contributed by atoms with Crippen LogP contribution in [0.1, 0.15) is 15.9 Å². The van der Waals surface area contributed by atoms with Gasteiger partial charge in [-0.3, -0.25) is 0 Å². The molecule has 0 saturated heterocycles. The first kappa shape index (κ1) is 14.9. The highest BCUT2D eigenvalue weighted by Crippen LogP contribution is 2.30. The van der Waals surface area contributed by atoms with Gasteiger partial charge in [0.25, 0.3) is 0 Å². The highest BCUT2D eigenvalue weighted by atomic mass is 35.5. The maximum atomic E-state index is 11.7. The molecule has 0 unspecified atom stereocenters. The Hall–Kier alpha value is -1.98. The molecule has 0 fully saturated rings. The molecule has 0 aliphatic heterocycles. The van der Waals surface area contributed by atoms with Crippen molar-refractivity contribution >= 4 is 40.4 Å². The van der Waals surface area contributed by atoms with Gasteiger partial charge in [0.1, 0.15) is 0 Å². The van der Waals surface area contributed by atoms with Gasteiger partial charge < -0.3 is 4.74 Å². The zero-order valence-electron chi connectivity index (χ0n) is 12.0. The molecule has 22 heavy (non-hydrogen) atoms. The lowest BCUT2D eigenvalue weighted by Crippen LogP contribution is -2.01. The van der Waals surface area contributed by atoms with Gasteiger partial charge in [0, 0.05) is 28.4 Å². The quantitative estimate of drug-likeness (QED) is 0.669. The third-order valence-electron chi connectivity index (χ3n) is 3.23. The minimum atomic E-state index is -0.453. The summed E-state index contributed by atoms with van der Waals surface area (Å²) < 4.78 is 6.46. The molecule has 0 saturated carbocycles. The number of carbonyl (C=O) groups excluding carboxylic acids is 1. The van der Waals surface area contributed by atoms with Gasteiger partial charge >= 0.3 is 5.97 Å². The monoisotopic (exact) mass is 332 g/mol. The summed E-state index contributed by atoms with van der Waals surface area (Å²) in [5, 5.41) is 5.55. The van der Waals surface area contributed by atoms with Crippen LogP contribution in [0, 0.1) is 6.92 Å². The lowest BCUT2D eigenvalue weighted by atomic mass is 10.1. The Morgan fingerprint density at radius 1 is 1.23 bits per heavy atom. The zero-order valence-corrected chi connectivity index (χ0v) is 13.6. The van der Waals surface area contributed by atoms with E-state index in [1.165, 1.54) is 24.6 Å². The molecule has 0 bridgehead atoms. The summed E-state index contributed by atoms with van der Waals surface area (Å²) in [7, 11) is 1.33. The number of hydrogen-bond acceptors (Lipinski definition) is 4. The molecule has 2 aromatic carbocycles. The molecule has 0 atom stereocenters. The van der Waals surface area contributed by atoms with Crippen LogP contribution in [0.2, 0.25) is 5.02 Å². The van der Waals surface area contributed by atoms with Crippen molar-refractivity contribution in [3.63, 3.8) is 0 Å². The molecule has 0 aliphatic carbocycles. The first-order chi connectivity index (χ1) is 10.6. The van der Waals surface area contributed by atoms with Gasteiger partial charge in [0.2, 0.25) is 0 Å². The standard InChI is InChI=1S/C16H13ClN2O2S/c1-10-3-5-11(6-4-10)22-19-9-13-14(18-19)8-7-12(15(13)17)16(20)21-2/h3-9H,1-2H3. The SMILES string of the molecule is COC(=O)c1ccc2nn(Sc3ccc(C)cc3)cc2c1Cl. The lowest BCUT2D eigenvalue weighted by Gasteiger charge is -2.01. The normalized spacial score (nSPS) is 10.9. The van der Waals surface area contributed by atoms with Gasteiger partial charge in [-0.25, -0.2) is 8.88 Å². The van der Waals surface area contributed by atoms with Gasteiger partial charge in [0.15, 0.2) is 0 Å². The van der Waals surface area contributed by atoms with Crippen molar-refractivity contribution in [1.82, 2.24) is 9.19 Å². The number of carbonyl (C=O) groups is 1. The highest BCUT2D eigenvalue weighted by Gasteiger charge is 2.15. The zero-order chi connectivity index (χ0) is 15.7. The van der Waals surface area contributed by atoms with E-state index >= 15 is 0 Å². The van der Waals surface area contributed by atoms with Gasteiger partial charge in [-0.2, -0.15) is 5.10 Å². The van der Waals surface area contributed by atoms with E-state index in [2.05, 4.69) is 5.10 Å². The number of methoxy groups -OCH3 is 1. The van der Waals surface area contributed by atoms with E-state index in [1.54, 1.807) is 16.2 Å². The minimum absolute atomic E-state index is 0.344.